The van der Waals surface area contributed by atoms with Gasteiger partial charge in [-0.3, -0.25) is 0 Å². The van der Waals surface area contributed by atoms with Crippen LogP contribution in [0.25, 0.3) is 0 Å². The van der Waals surface area contributed by atoms with E-state index in [1.165, 1.54) is 12.1 Å². The van der Waals surface area contributed by atoms with Gasteiger partial charge in [-0.1, -0.05) is 38.0 Å². The molecule has 4 nitrogen and oxygen atoms in total. The van der Waals surface area contributed by atoms with E-state index >= 15 is 0 Å². The molecule has 2 atom stereocenters. The van der Waals surface area contributed by atoms with Gasteiger partial charge >= 0.3 is 0 Å². The molecule has 0 aliphatic heterocycles. The first kappa shape index (κ1) is 16.3. The van der Waals surface area contributed by atoms with Crippen LogP contribution in [0.4, 0.5) is 4.39 Å². The normalized spacial score (nSPS) is 23.0. The van der Waals surface area contributed by atoms with Crippen LogP contribution in [-0.2, 0) is 10.0 Å². The Balaban J connectivity index is 2.36. The summed E-state index contributed by atoms with van der Waals surface area (Å²) in [5.41, 5.74) is 5.25. The summed E-state index contributed by atoms with van der Waals surface area (Å²) in [6.45, 7) is 2.02. The van der Waals surface area contributed by atoms with E-state index in [0.29, 0.717) is 0 Å². The Morgan fingerprint density at radius 2 is 2.05 bits per heavy atom. The lowest BCUT2D eigenvalue weighted by molar-refractivity contribution is 0.310. The highest BCUT2D eigenvalue weighted by Gasteiger charge is 2.29. The molecule has 116 valence electrons. The number of nitrogens with one attached hydrogen (secondary N) is 1. The van der Waals surface area contributed by atoms with Crippen molar-refractivity contribution in [2.75, 3.05) is 0 Å². The van der Waals surface area contributed by atoms with Gasteiger partial charge in [-0.05, 0) is 30.9 Å². The summed E-state index contributed by atoms with van der Waals surface area (Å²) in [5, 5.41) is 0. The van der Waals surface area contributed by atoms with Crippen LogP contribution in [0.5, 0.6) is 0 Å². The summed E-state index contributed by atoms with van der Waals surface area (Å²) >= 11 is 4.78. The van der Waals surface area contributed by atoms with E-state index < -0.39 is 15.8 Å². The van der Waals surface area contributed by atoms with Crippen LogP contribution in [0.1, 0.15) is 38.2 Å². The van der Waals surface area contributed by atoms with Gasteiger partial charge in [-0.15, -0.1) is 0 Å². The van der Waals surface area contributed by atoms with Crippen LogP contribution in [0.2, 0.25) is 0 Å². The Bertz CT molecular complexity index is 646. The summed E-state index contributed by atoms with van der Waals surface area (Å²) in [4.78, 5) is -0.446. The monoisotopic (exact) mass is 330 g/mol. The van der Waals surface area contributed by atoms with Crippen LogP contribution in [0.3, 0.4) is 0 Å². The van der Waals surface area contributed by atoms with Crippen LogP contribution in [0.15, 0.2) is 23.1 Å². The van der Waals surface area contributed by atoms with E-state index in [4.69, 9.17) is 18.0 Å². The zero-order chi connectivity index (χ0) is 15.6. The average Bonchev–Trinajstić information content (AvgIpc) is 2.40. The number of sulfonamides is 1. The number of benzene rings is 1. The smallest absolute Gasteiger partial charge is 0.241 e. The molecule has 0 radical (unpaired) electrons. The lowest BCUT2D eigenvalue weighted by Crippen LogP contribution is -2.41. The fourth-order valence-electron chi connectivity index (χ4n) is 2.72. The fourth-order valence-corrected chi connectivity index (χ4v) is 4.60. The molecule has 1 saturated carbocycles. The molecule has 1 aliphatic rings. The van der Waals surface area contributed by atoms with Gasteiger partial charge in [0.15, 0.2) is 0 Å². The SMILES string of the molecule is CC1CCCCC1NS(=O)(=O)c1cccc(F)c1C(N)=S. The Hall–Kier alpha value is -1.05. The molecule has 0 bridgehead atoms. The van der Waals surface area contributed by atoms with E-state index in [2.05, 4.69) is 4.72 Å². The van der Waals surface area contributed by atoms with Gasteiger partial charge in [0.2, 0.25) is 10.0 Å². The van der Waals surface area contributed by atoms with Crippen molar-refractivity contribution in [3.8, 4) is 0 Å². The summed E-state index contributed by atoms with van der Waals surface area (Å²) in [5.74, 6) is -0.461. The first-order valence-corrected chi connectivity index (χ1v) is 8.82. The van der Waals surface area contributed by atoms with E-state index in [-0.39, 0.29) is 27.4 Å². The maximum Gasteiger partial charge on any atom is 0.241 e. The molecule has 3 N–H and O–H groups in total. The summed E-state index contributed by atoms with van der Waals surface area (Å²) in [7, 11) is -3.85. The maximum absolute atomic E-state index is 13.8. The van der Waals surface area contributed by atoms with Gasteiger partial charge in [0.05, 0.1) is 10.5 Å². The topological polar surface area (TPSA) is 72.2 Å². The molecule has 2 rings (SSSR count). The molecule has 21 heavy (non-hydrogen) atoms. The zero-order valence-corrected chi connectivity index (χ0v) is 13.4. The second-order valence-electron chi connectivity index (χ2n) is 5.47. The minimum Gasteiger partial charge on any atom is -0.389 e. The van der Waals surface area contributed by atoms with Crippen molar-refractivity contribution >= 4 is 27.2 Å². The highest BCUT2D eigenvalue weighted by Crippen LogP contribution is 2.26. The molecule has 0 spiro atoms. The third-order valence-corrected chi connectivity index (χ3v) is 5.67. The van der Waals surface area contributed by atoms with Crippen molar-refractivity contribution < 1.29 is 12.8 Å². The van der Waals surface area contributed by atoms with Crippen molar-refractivity contribution in [2.45, 2.75) is 43.5 Å². The maximum atomic E-state index is 13.8. The average molecular weight is 330 g/mol. The van der Waals surface area contributed by atoms with E-state index in [0.717, 1.165) is 31.7 Å². The quantitative estimate of drug-likeness (QED) is 0.831. The van der Waals surface area contributed by atoms with Crippen LogP contribution >= 0.6 is 12.2 Å². The Kier molecular flexibility index (Phi) is 4.95. The minimum atomic E-state index is -3.85. The molecule has 1 aromatic rings. The largest absolute Gasteiger partial charge is 0.389 e. The number of thiocarbonyl (C=S) groups is 1. The predicted octanol–water partition coefficient (Wildman–Crippen LogP) is 2.32. The van der Waals surface area contributed by atoms with Gasteiger partial charge < -0.3 is 5.73 Å². The second-order valence-corrected chi connectivity index (χ2v) is 7.59. The fraction of sp³-hybridized carbons (Fsp3) is 0.500. The summed E-state index contributed by atoms with van der Waals surface area (Å²) < 4.78 is 41.6. The van der Waals surface area contributed by atoms with E-state index in [1.54, 1.807) is 0 Å². The molecule has 0 heterocycles. The molecule has 1 fully saturated rings. The number of nitrogens with two attached hydrogens (primary N) is 1. The third kappa shape index (κ3) is 3.59. The van der Waals surface area contributed by atoms with Crippen molar-refractivity contribution in [3.63, 3.8) is 0 Å². The van der Waals surface area contributed by atoms with Gasteiger partial charge in [0, 0.05) is 6.04 Å². The predicted molar refractivity (Wildman–Crippen MR) is 84.0 cm³/mol. The van der Waals surface area contributed by atoms with Crippen molar-refractivity contribution in [3.05, 3.63) is 29.6 Å². The van der Waals surface area contributed by atoms with E-state index in [1.807, 2.05) is 6.92 Å². The molecule has 0 saturated heterocycles. The zero-order valence-electron chi connectivity index (χ0n) is 11.8. The Labute approximate surface area is 130 Å². The minimum absolute atomic E-state index is 0.133. The lowest BCUT2D eigenvalue weighted by Gasteiger charge is -2.29. The van der Waals surface area contributed by atoms with Gasteiger partial charge in [-0.25, -0.2) is 17.5 Å². The van der Waals surface area contributed by atoms with Crippen LogP contribution in [0, 0.1) is 11.7 Å². The Morgan fingerprint density at radius 1 is 1.38 bits per heavy atom. The summed E-state index contributed by atoms with van der Waals surface area (Å²) in [6.07, 6.45) is 3.87. The number of hydrogen-bond donors (Lipinski definition) is 2. The van der Waals surface area contributed by atoms with Crippen LogP contribution in [-0.4, -0.2) is 19.4 Å². The van der Waals surface area contributed by atoms with Crippen molar-refractivity contribution in [1.29, 1.82) is 0 Å². The second kappa shape index (κ2) is 6.37. The summed E-state index contributed by atoms with van der Waals surface area (Å²) in [6, 6.07) is 3.69. The highest BCUT2D eigenvalue weighted by atomic mass is 32.2. The van der Waals surface area contributed by atoms with E-state index in [9.17, 15) is 12.8 Å². The highest BCUT2D eigenvalue weighted by molar-refractivity contribution is 7.89. The van der Waals surface area contributed by atoms with Gasteiger partial charge in [0.1, 0.15) is 10.8 Å². The first-order valence-electron chi connectivity index (χ1n) is 6.93. The molecule has 1 aliphatic carbocycles. The molecule has 1 aromatic carbocycles. The number of halogens is 1. The van der Waals surface area contributed by atoms with Crippen molar-refractivity contribution in [1.82, 2.24) is 4.72 Å². The first-order chi connectivity index (χ1) is 9.83. The third-order valence-electron chi connectivity index (χ3n) is 3.93. The molecular weight excluding hydrogens is 311 g/mol. The number of rotatable bonds is 4. The lowest BCUT2D eigenvalue weighted by atomic mass is 9.87. The molecule has 2 unspecified atom stereocenters. The van der Waals surface area contributed by atoms with Gasteiger partial charge in [0.25, 0.3) is 0 Å². The molecule has 0 amide bonds. The van der Waals surface area contributed by atoms with Crippen molar-refractivity contribution in [2.24, 2.45) is 11.7 Å². The molecule has 7 heteroatoms. The van der Waals surface area contributed by atoms with Gasteiger partial charge in [-0.2, -0.15) is 0 Å². The molecule has 0 aromatic heterocycles. The molecular formula is C14H19FN2O2S2. The van der Waals surface area contributed by atoms with Crippen LogP contribution < -0.4 is 10.5 Å². The number of hydrogen-bond acceptors (Lipinski definition) is 3. The Morgan fingerprint density at radius 3 is 2.67 bits per heavy atom. The standard InChI is InChI=1S/C14H19FN2O2S2/c1-9-5-2-3-7-11(9)17-21(18,19)12-8-4-6-10(15)13(12)14(16)20/h4,6,8-9,11,17H,2-3,5,7H2,1H3,(H2,16,20).